The Kier molecular flexibility index (Phi) is 3.19. The van der Waals surface area contributed by atoms with E-state index in [0.717, 1.165) is 19.9 Å². The van der Waals surface area contributed by atoms with E-state index in [1.807, 2.05) is 12.1 Å². The van der Waals surface area contributed by atoms with Crippen LogP contribution in [0.5, 0.6) is 0 Å². The minimum absolute atomic E-state index is 0.0627. The monoisotopic (exact) mass is 283 g/mol. The van der Waals surface area contributed by atoms with Crippen molar-refractivity contribution in [2.24, 2.45) is 0 Å². The molecule has 0 radical (unpaired) electrons. The number of aliphatic hydroxyl groups is 1. The number of hydrogen-bond acceptors (Lipinski definition) is 3. The summed E-state index contributed by atoms with van der Waals surface area (Å²) >= 11 is 4.96. The molecule has 0 aliphatic heterocycles. The summed E-state index contributed by atoms with van der Waals surface area (Å²) < 4.78 is 1.07. The van der Waals surface area contributed by atoms with E-state index in [0.29, 0.717) is 0 Å². The van der Waals surface area contributed by atoms with Gasteiger partial charge in [-0.05, 0) is 24.6 Å². The van der Waals surface area contributed by atoms with Gasteiger partial charge in [0.25, 0.3) is 0 Å². The molecule has 78 valence electrons. The first-order chi connectivity index (χ1) is 7.20. The summed E-state index contributed by atoms with van der Waals surface area (Å²) in [4.78, 5) is 5.19. The summed E-state index contributed by atoms with van der Waals surface area (Å²) in [5.41, 5.74) is 2.31. The maximum absolute atomic E-state index is 8.97. The average Bonchev–Trinajstić information content (AvgIpc) is 2.66. The maximum atomic E-state index is 8.97. The van der Waals surface area contributed by atoms with Gasteiger partial charge >= 0.3 is 0 Å². The maximum Gasteiger partial charge on any atom is 0.123 e. The molecule has 0 amide bonds. The topological polar surface area (TPSA) is 33.1 Å². The molecule has 0 saturated heterocycles. The molecule has 0 atom stereocenters. The number of thiazole rings is 1. The zero-order valence-electron chi connectivity index (χ0n) is 8.20. The second kappa shape index (κ2) is 4.43. The lowest BCUT2D eigenvalue weighted by Gasteiger charge is -2.01. The summed E-state index contributed by atoms with van der Waals surface area (Å²) in [6.45, 7) is 2.12. The minimum atomic E-state index is 0.0627. The number of rotatable bonds is 2. The van der Waals surface area contributed by atoms with Gasteiger partial charge in [-0.3, -0.25) is 0 Å². The predicted octanol–water partition coefficient (Wildman–Crippen LogP) is 3.37. The molecule has 2 rings (SSSR count). The third-order valence-corrected chi connectivity index (χ3v) is 3.64. The fraction of sp³-hybridized carbons (Fsp3) is 0.182. The molecule has 0 fully saturated rings. The lowest BCUT2D eigenvalue weighted by Crippen LogP contribution is -1.81. The normalized spacial score (nSPS) is 10.6. The molecule has 2 nitrogen and oxygen atoms in total. The van der Waals surface area contributed by atoms with E-state index in [1.54, 1.807) is 6.20 Å². The third kappa shape index (κ3) is 2.27. The van der Waals surface area contributed by atoms with Crippen molar-refractivity contribution in [3.05, 3.63) is 39.3 Å². The number of aryl methyl sites for hydroxylation is 1. The molecule has 1 N–H and O–H groups in total. The summed E-state index contributed by atoms with van der Waals surface area (Å²) in [6.07, 6.45) is 1.72. The molecular weight excluding hydrogens is 274 g/mol. The Labute approximate surface area is 101 Å². The van der Waals surface area contributed by atoms with Crippen molar-refractivity contribution in [1.29, 1.82) is 0 Å². The van der Waals surface area contributed by atoms with Crippen molar-refractivity contribution in [1.82, 2.24) is 4.98 Å². The van der Waals surface area contributed by atoms with Gasteiger partial charge in [0.2, 0.25) is 0 Å². The molecule has 0 bridgehead atoms. The Hall–Kier alpha value is -0.710. The van der Waals surface area contributed by atoms with Crippen LogP contribution in [0.1, 0.15) is 10.4 Å². The SMILES string of the molecule is Cc1cc(Br)ccc1-c1ncc(CO)s1. The lowest BCUT2D eigenvalue weighted by atomic mass is 10.1. The quantitative estimate of drug-likeness (QED) is 0.917. The van der Waals surface area contributed by atoms with Crippen LogP contribution < -0.4 is 0 Å². The predicted molar refractivity (Wildman–Crippen MR) is 65.9 cm³/mol. The Morgan fingerprint density at radius 2 is 2.27 bits per heavy atom. The molecule has 0 aliphatic rings. The number of nitrogens with zero attached hydrogens (tertiary/aromatic N) is 1. The van der Waals surface area contributed by atoms with Crippen LogP contribution in [0, 0.1) is 6.92 Å². The minimum Gasteiger partial charge on any atom is -0.391 e. The fourth-order valence-corrected chi connectivity index (χ4v) is 2.71. The molecule has 2 aromatic rings. The van der Waals surface area contributed by atoms with Crippen molar-refractivity contribution in [2.75, 3.05) is 0 Å². The highest BCUT2D eigenvalue weighted by Crippen LogP contribution is 2.29. The number of aromatic nitrogens is 1. The summed E-state index contributed by atoms with van der Waals surface area (Å²) in [5, 5.41) is 9.94. The highest BCUT2D eigenvalue weighted by Gasteiger charge is 2.06. The van der Waals surface area contributed by atoms with Crippen molar-refractivity contribution in [2.45, 2.75) is 13.5 Å². The van der Waals surface area contributed by atoms with Crippen LogP contribution in [-0.4, -0.2) is 10.1 Å². The van der Waals surface area contributed by atoms with Crippen LogP contribution in [0.15, 0.2) is 28.9 Å². The summed E-state index contributed by atoms with van der Waals surface area (Å²) in [5.74, 6) is 0. The fourth-order valence-electron chi connectivity index (χ4n) is 1.37. The van der Waals surface area contributed by atoms with Gasteiger partial charge in [0.1, 0.15) is 5.01 Å². The van der Waals surface area contributed by atoms with Gasteiger partial charge < -0.3 is 5.11 Å². The number of aliphatic hydroxyl groups excluding tert-OH is 1. The molecular formula is C11H10BrNOS. The van der Waals surface area contributed by atoms with Crippen LogP contribution in [0.2, 0.25) is 0 Å². The Bertz CT molecular complexity index is 481. The zero-order valence-corrected chi connectivity index (χ0v) is 10.6. The first kappa shape index (κ1) is 10.8. The molecule has 0 spiro atoms. The molecule has 1 aromatic carbocycles. The van der Waals surface area contributed by atoms with Crippen molar-refractivity contribution < 1.29 is 5.11 Å². The van der Waals surface area contributed by atoms with Crippen LogP contribution >= 0.6 is 27.3 Å². The van der Waals surface area contributed by atoms with Gasteiger partial charge in [-0.2, -0.15) is 0 Å². The third-order valence-electron chi connectivity index (χ3n) is 2.13. The van der Waals surface area contributed by atoms with E-state index >= 15 is 0 Å². The van der Waals surface area contributed by atoms with Gasteiger partial charge in [-0.25, -0.2) is 4.98 Å². The molecule has 0 saturated carbocycles. The number of benzene rings is 1. The van der Waals surface area contributed by atoms with E-state index in [2.05, 4.69) is 33.9 Å². The van der Waals surface area contributed by atoms with Crippen molar-refractivity contribution in [3.63, 3.8) is 0 Å². The van der Waals surface area contributed by atoms with E-state index in [-0.39, 0.29) is 6.61 Å². The Morgan fingerprint density at radius 1 is 1.47 bits per heavy atom. The van der Waals surface area contributed by atoms with Gasteiger partial charge in [-0.1, -0.05) is 22.0 Å². The highest BCUT2D eigenvalue weighted by molar-refractivity contribution is 9.10. The lowest BCUT2D eigenvalue weighted by molar-refractivity contribution is 0.285. The second-order valence-electron chi connectivity index (χ2n) is 3.25. The molecule has 15 heavy (non-hydrogen) atoms. The van der Waals surface area contributed by atoms with Gasteiger partial charge in [0.15, 0.2) is 0 Å². The van der Waals surface area contributed by atoms with Crippen LogP contribution in [0.4, 0.5) is 0 Å². The van der Waals surface area contributed by atoms with Crippen LogP contribution in [0.3, 0.4) is 0 Å². The highest BCUT2D eigenvalue weighted by atomic mass is 79.9. The molecule has 4 heteroatoms. The first-order valence-electron chi connectivity index (χ1n) is 4.53. The molecule has 1 aromatic heterocycles. The largest absolute Gasteiger partial charge is 0.391 e. The van der Waals surface area contributed by atoms with Crippen molar-refractivity contribution in [3.8, 4) is 10.6 Å². The number of halogens is 1. The second-order valence-corrected chi connectivity index (χ2v) is 5.28. The first-order valence-corrected chi connectivity index (χ1v) is 6.14. The van der Waals surface area contributed by atoms with E-state index < -0.39 is 0 Å². The Morgan fingerprint density at radius 3 is 2.87 bits per heavy atom. The van der Waals surface area contributed by atoms with E-state index in [9.17, 15) is 0 Å². The smallest absolute Gasteiger partial charge is 0.123 e. The van der Waals surface area contributed by atoms with Crippen LogP contribution in [0.25, 0.3) is 10.6 Å². The van der Waals surface area contributed by atoms with E-state index in [1.165, 1.54) is 16.9 Å². The summed E-state index contributed by atoms with van der Waals surface area (Å²) in [6, 6.07) is 6.11. The average molecular weight is 284 g/mol. The Balaban J connectivity index is 2.44. The van der Waals surface area contributed by atoms with E-state index in [4.69, 9.17) is 5.11 Å². The number of hydrogen-bond donors (Lipinski definition) is 1. The van der Waals surface area contributed by atoms with Gasteiger partial charge in [0, 0.05) is 16.2 Å². The molecule has 0 unspecified atom stereocenters. The standard InChI is InChI=1S/C11H10BrNOS/c1-7-4-8(12)2-3-10(7)11-13-5-9(6-14)15-11/h2-5,14H,6H2,1H3. The van der Waals surface area contributed by atoms with Gasteiger partial charge in [-0.15, -0.1) is 11.3 Å². The summed E-state index contributed by atoms with van der Waals surface area (Å²) in [7, 11) is 0. The molecule has 1 heterocycles. The van der Waals surface area contributed by atoms with Gasteiger partial charge in [0.05, 0.1) is 11.5 Å². The molecule has 0 aliphatic carbocycles. The zero-order chi connectivity index (χ0) is 10.8. The van der Waals surface area contributed by atoms with Crippen LogP contribution in [-0.2, 0) is 6.61 Å². The van der Waals surface area contributed by atoms with Crippen molar-refractivity contribution >= 4 is 27.3 Å².